The van der Waals surface area contributed by atoms with Gasteiger partial charge in [-0.25, -0.2) is 9.18 Å². The van der Waals surface area contributed by atoms with Crippen molar-refractivity contribution >= 4 is 12.0 Å². The highest BCUT2D eigenvalue weighted by Crippen LogP contribution is 2.42. The Kier molecular flexibility index (Phi) is 3.66. The van der Waals surface area contributed by atoms with Crippen LogP contribution >= 0.6 is 0 Å². The fraction of sp³-hybridized carbons (Fsp3) is 0.333. The summed E-state index contributed by atoms with van der Waals surface area (Å²) in [5.74, 6) is -2.86. The first-order valence-corrected chi connectivity index (χ1v) is 5.43. The van der Waals surface area contributed by atoms with Crippen LogP contribution < -0.4 is 4.74 Å². The fourth-order valence-electron chi connectivity index (χ4n) is 1.75. The van der Waals surface area contributed by atoms with E-state index in [2.05, 4.69) is 9.73 Å². The largest absolute Gasteiger partial charge is 0.434 e. The number of carbonyl (C=O) groups is 1. The van der Waals surface area contributed by atoms with Crippen LogP contribution in [-0.4, -0.2) is 18.6 Å². The van der Waals surface area contributed by atoms with Crippen molar-refractivity contribution in [2.75, 3.05) is 0 Å². The van der Waals surface area contributed by atoms with E-state index in [1.54, 1.807) is 0 Å². The summed E-state index contributed by atoms with van der Waals surface area (Å²) in [7, 11) is 0. The van der Waals surface area contributed by atoms with Gasteiger partial charge in [-0.1, -0.05) is 0 Å². The number of isocyanates is 1. The lowest BCUT2D eigenvalue weighted by atomic mass is 10.1. The number of hydrogen-bond donors (Lipinski definition) is 0. The van der Waals surface area contributed by atoms with Gasteiger partial charge in [-0.3, -0.25) is 4.79 Å². The van der Waals surface area contributed by atoms with Crippen molar-refractivity contribution in [1.29, 1.82) is 0 Å². The van der Waals surface area contributed by atoms with Gasteiger partial charge in [-0.15, -0.1) is 4.99 Å². The Hall–Kier alpha value is -2.14. The average Bonchev–Trinajstić information content (AvgIpc) is 3.11. The van der Waals surface area contributed by atoms with E-state index in [9.17, 15) is 22.8 Å². The minimum atomic E-state index is -3.21. The molecule has 0 spiro atoms. The summed E-state index contributed by atoms with van der Waals surface area (Å²) in [5.41, 5.74) is -0.298. The van der Waals surface area contributed by atoms with Crippen LogP contribution in [0.5, 0.6) is 5.75 Å². The van der Waals surface area contributed by atoms with Gasteiger partial charge in [0.15, 0.2) is 0 Å². The number of hydrogen-bond acceptors (Lipinski definition) is 3. The highest BCUT2D eigenvalue weighted by atomic mass is 19.3. The predicted molar refractivity (Wildman–Crippen MR) is 57.5 cm³/mol. The number of alkyl halides is 2. The van der Waals surface area contributed by atoms with Gasteiger partial charge in [0.25, 0.3) is 5.91 Å². The van der Waals surface area contributed by atoms with E-state index in [4.69, 9.17) is 0 Å². The summed E-state index contributed by atoms with van der Waals surface area (Å²) in [6.45, 7) is -3.21. The summed E-state index contributed by atoms with van der Waals surface area (Å²) in [5, 5.41) is 0. The van der Waals surface area contributed by atoms with Crippen molar-refractivity contribution < 1.29 is 27.5 Å². The molecule has 0 atom stereocenters. The number of halogens is 3. The minimum absolute atomic E-state index is 0.0910. The minimum Gasteiger partial charge on any atom is -0.434 e. The van der Waals surface area contributed by atoms with Crippen LogP contribution in [0, 0.1) is 5.82 Å². The average molecular weight is 271 g/mol. The van der Waals surface area contributed by atoms with E-state index in [0.717, 1.165) is 25.0 Å². The lowest BCUT2D eigenvalue weighted by Gasteiger charge is -2.11. The Morgan fingerprint density at radius 3 is 2.63 bits per heavy atom. The van der Waals surface area contributed by atoms with Crippen molar-refractivity contribution in [3.8, 4) is 5.75 Å². The van der Waals surface area contributed by atoms with Gasteiger partial charge >= 0.3 is 6.61 Å². The highest BCUT2D eigenvalue weighted by molar-refractivity contribution is 6.00. The summed E-state index contributed by atoms with van der Waals surface area (Å²) in [4.78, 5) is 24.1. The van der Waals surface area contributed by atoms with Crippen molar-refractivity contribution in [2.45, 2.75) is 25.4 Å². The molecule has 1 aliphatic rings. The molecule has 1 aromatic rings. The summed E-state index contributed by atoms with van der Waals surface area (Å²) < 4.78 is 42.4. The number of rotatable bonds is 4. The number of benzene rings is 1. The molecule has 19 heavy (non-hydrogen) atoms. The highest BCUT2D eigenvalue weighted by Gasteiger charge is 2.28. The zero-order valence-electron chi connectivity index (χ0n) is 9.53. The van der Waals surface area contributed by atoms with Crippen molar-refractivity contribution in [1.82, 2.24) is 0 Å². The molecule has 4 nitrogen and oxygen atoms in total. The number of amides is 1. The van der Waals surface area contributed by atoms with Gasteiger partial charge in [0.1, 0.15) is 17.1 Å². The van der Waals surface area contributed by atoms with Crippen molar-refractivity contribution in [3.05, 3.63) is 29.1 Å². The molecule has 1 amide bonds. The maximum atomic E-state index is 13.8. The lowest BCUT2D eigenvalue weighted by molar-refractivity contribution is -0.0503. The molecule has 7 heteroatoms. The monoisotopic (exact) mass is 271 g/mol. The second-order valence-corrected chi connectivity index (χ2v) is 4.04. The lowest BCUT2D eigenvalue weighted by Crippen LogP contribution is -2.09. The second kappa shape index (κ2) is 5.24. The van der Waals surface area contributed by atoms with E-state index >= 15 is 0 Å². The molecule has 0 heterocycles. The maximum Gasteiger partial charge on any atom is 0.387 e. The molecule has 2 rings (SSSR count). The Bertz CT molecular complexity index is 564. The third-order valence-corrected chi connectivity index (χ3v) is 2.70. The third-order valence-electron chi connectivity index (χ3n) is 2.70. The van der Waals surface area contributed by atoms with E-state index in [1.807, 2.05) is 0 Å². The molecule has 0 bridgehead atoms. The smallest absolute Gasteiger partial charge is 0.387 e. The van der Waals surface area contributed by atoms with Crippen molar-refractivity contribution in [3.63, 3.8) is 0 Å². The first-order valence-electron chi connectivity index (χ1n) is 5.43. The molecule has 1 aliphatic carbocycles. The molecule has 100 valence electrons. The summed E-state index contributed by atoms with van der Waals surface area (Å²) in [6.07, 6.45) is 2.59. The van der Waals surface area contributed by atoms with Crippen molar-refractivity contribution in [2.24, 2.45) is 4.99 Å². The second-order valence-electron chi connectivity index (χ2n) is 4.04. The van der Waals surface area contributed by atoms with E-state index in [1.165, 1.54) is 6.07 Å². The van der Waals surface area contributed by atoms with Gasteiger partial charge in [0, 0.05) is 0 Å². The molecule has 0 aromatic heterocycles. The number of aliphatic imine (C=N–C) groups is 1. The van der Waals surface area contributed by atoms with Crippen LogP contribution in [0.2, 0.25) is 0 Å². The molecule has 1 fully saturated rings. The molecule has 0 N–H and O–H groups in total. The van der Waals surface area contributed by atoms with E-state index < -0.39 is 29.6 Å². The number of ether oxygens (including phenoxy) is 1. The quantitative estimate of drug-likeness (QED) is 0.625. The standard InChI is InChI=1S/C12H8F3NO3/c13-8-3-7(6-1-2-6)4-9(19-12(14)15)10(8)11(18)16-5-17/h3-4,6,12H,1-2H2. The van der Waals surface area contributed by atoms with Crippen LogP contribution in [0.15, 0.2) is 17.1 Å². The zero-order chi connectivity index (χ0) is 14.0. The van der Waals surface area contributed by atoms with Gasteiger partial charge in [0.05, 0.1) is 0 Å². The first kappa shape index (κ1) is 13.3. The first-order chi connectivity index (χ1) is 9.02. The molecule has 0 unspecified atom stereocenters. The molecular formula is C12H8F3NO3. The van der Waals surface area contributed by atoms with Gasteiger partial charge < -0.3 is 4.74 Å². The predicted octanol–water partition coefficient (Wildman–Crippen LogP) is 2.78. The fourth-order valence-corrected chi connectivity index (χ4v) is 1.75. The van der Waals surface area contributed by atoms with Crippen LogP contribution in [0.1, 0.15) is 34.7 Å². The Labute approximate surface area is 105 Å². The van der Waals surface area contributed by atoms with Crippen LogP contribution in [0.3, 0.4) is 0 Å². The summed E-state index contributed by atoms with van der Waals surface area (Å²) in [6, 6.07) is 2.25. The third kappa shape index (κ3) is 3.00. The summed E-state index contributed by atoms with van der Waals surface area (Å²) >= 11 is 0. The van der Waals surface area contributed by atoms with Gasteiger partial charge in [-0.05, 0) is 36.5 Å². The normalized spacial score (nSPS) is 14.1. The van der Waals surface area contributed by atoms with Crippen LogP contribution in [0.4, 0.5) is 13.2 Å². The number of nitrogens with zero attached hydrogens (tertiary/aromatic N) is 1. The van der Waals surface area contributed by atoms with E-state index in [-0.39, 0.29) is 5.92 Å². The zero-order valence-corrected chi connectivity index (χ0v) is 9.53. The topological polar surface area (TPSA) is 55.7 Å². The molecular weight excluding hydrogens is 263 g/mol. The maximum absolute atomic E-state index is 13.8. The van der Waals surface area contributed by atoms with Gasteiger partial charge in [-0.2, -0.15) is 8.78 Å². The van der Waals surface area contributed by atoms with E-state index in [0.29, 0.717) is 5.56 Å². The van der Waals surface area contributed by atoms with Gasteiger partial charge in [0.2, 0.25) is 6.08 Å². The molecule has 0 radical (unpaired) electrons. The Morgan fingerprint density at radius 1 is 1.42 bits per heavy atom. The SMILES string of the molecule is O=C=NC(=O)c1c(F)cc(C2CC2)cc1OC(F)F. The number of carbonyl (C=O) groups excluding carboxylic acids is 2. The van der Waals surface area contributed by atoms with Crippen LogP contribution in [0.25, 0.3) is 0 Å². The molecule has 0 aliphatic heterocycles. The molecule has 1 aromatic carbocycles. The Morgan fingerprint density at radius 2 is 2.11 bits per heavy atom. The van der Waals surface area contributed by atoms with Crippen LogP contribution in [-0.2, 0) is 4.79 Å². The molecule has 0 saturated heterocycles. The Balaban J connectivity index is 2.49. The molecule has 1 saturated carbocycles.